The number of hydrogen-bond acceptors (Lipinski definition) is 2. The fraction of sp³-hybridized carbons (Fsp3) is 0.562. The van der Waals surface area contributed by atoms with E-state index in [1.165, 1.54) is 5.56 Å². The van der Waals surface area contributed by atoms with Gasteiger partial charge in [0.05, 0.1) is 6.10 Å². The van der Waals surface area contributed by atoms with Crippen LogP contribution >= 0.6 is 11.6 Å². The molecule has 0 aliphatic carbocycles. The molecule has 116 valence electrons. The number of nitrogens with one attached hydrogen (secondary N) is 2. The number of aryl methyl sites for hydroxylation is 1. The molecule has 0 aromatic heterocycles. The Labute approximate surface area is 131 Å². The average molecular weight is 310 g/mol. The lowest BCUT2D eigenvalue weighted by Crippen LogP contribution is -2.41. The molecule has 1 aromatic rings. The Morgan fingerprint density at radius 3 is 2.95 bits per heavy atom. The number of halogens is 1. The summed E-state index contributed by atoms with van der Waals surface area (Å²) in [6, 6.07) is 8.00. The average Bonchev–Trinajstić information content (AvgIpc) is 3.01. The second-order valence-electron chi connectivity index (χ2n) is 5.21. The summed E-state index contributed by atoms with van der Waals surface area (Å²) >= 11 is 6.15. The molecular weight excluding hydrogens is 286 g/mol. The molecule has 1 atom stereocenters. The van der Waals surface area contributed by atoms with Gasteiger partial charge in [-0.15, -0.1) is 0 Å². The minimum Gasteiger partial charge on any atom is -0.376 e. The summed E-state index contributed by atoms with van der Waals surface area (Å²) in [7, 11) is 1.79. The number of guanidine groups is 1. The summed E-state index contributed by atoms with van der Waals surface area (Å²) in [5, 5.41) is 7.48. The Bertz CT molecular complexity index is 459. The van der Waals surface area contributed by atoms with Crippen molar-refractivity contribution in [2.75, 3.05) is 26.7 Å². The molecule has 1 aromatic carbocycles. The van der Waals surface area contributed by atoms with Crippen LogP contribution in [0.1, 0.15) is 24.8 Å². The highest BCUT2D eigenvalue weighted by Gasteiger charge is 2.15. The van der Waals surface area contributed by atoms with Gasteiger partial charge in [-0.2, -0.15) is 0 Å². The highest BCUT2D eigenvalue weighted by Crippen LogP contribution is 2.16. The van der Waals surface area contributed by atoms with Gasteiger partial charge in [0.1, 0.15) is 0 Å². The first kappa shape index (κ1) is 16.1. The second kappa shape index (κ2) is 8.90. The monoisotopic (exact) mass is 309 g/mol. The van der Waals surface area contributed by atoms with Gasteiger partial charge in [-0.1, -0.05) is 29.8 Å². The molecule has 0 bridgehead atoms. The number of benzene rings is 1. The summed E-state index contributed by atoms with van der Waals surface area (Å²) in [6.07, 6.45) is 4.61. The molecule has 0 saturated carbocycles. The highest BCUT2D eigenvalue weighted by molar-refractivity contribution is 6.31. The molecule has 2 rings (SSSR count). The molecule has 2 N–H and O–H groups in total. The number of aliphatic imine (C=N–C) groups is 1. The smallest absolute Gasteiger partial charge is 0.191 e. The number of rotatable bonds is 6. The molecule has 1 aliphatic rings. The molecular formula is C16H24ClN3O. The van der Waals surface area contributed by atoms with Gasteiger partial charge in [-0.3, -0.25) is 4.99 Å². The molecule has 1 saturated heterocycles. The van der Waals surface area contributed by atoms with Gasteiger partial charge in [0.2, 0.25) is 0 Å². The zero-order chi connectivity index (χ0) is 14.9. The maximum Gasteiger partial charge on any atom is 0.191 e. The quantitative estimate of drug-likeness (QED) is 0.482. The maximum atomic E-state index is 6.15. The molecule has 0 radical (unpaired) electrons. The summed E-state index contributed by atoms with van der Waals surface area (Å²) in [5.41, 5.74) is 1.20. The molecule has 1 heterocycles. The van der Waals surface area contributed by atoms with Gasteiger partial charge in [-0.25, -0.2) is 0 Å². The van der Waals surface area contributed by atoms with Crippen molar-refractivity contribution in [3.63, 3.8) is 0 Å². The van der Waals surface area contributed by atoms with Gasteiger partial charge in [-0.05, 0) is 37.3 Å². The van der Waals surface area contributed by atoms with Crippen LogP contribution in [-0.2, 0) is 11.2 Å². The summed E-state index contributed by atoms with van der Waals surface area (Å²) in [5.74, 6) is 0.838. The molecule has 0 amide bonds. The fourth-order valence-electron chi connectivity index (χ4n) is 2.42. The van der Waals surface area contributed by atoms with Crippen LogP contribution in [0.2, 0.25) is 5.02 Å². The first-order chi connectivity index (χ1) is 10.3. The molecule has 1 fully saturated rings. The van der Waals surface area contributed by atoms with E-state index < -0.39 is 0 Å². The zero-order valence-electron chi connectivity index (χ0n) is 12.6. The number of nitrogens with zero attached hydrogens (tertiary/aromatic N) is 1. The second-order valence-corrected chi connectivity index (χ2v) is 5.62. The van der Waals surface area contributed by atoms with E-state index in [0.717, 1.165) is 56.4 Å². The first-order valence-corrected chi connectivity index (χ1v) is 7.97. The van der Waals surface area contributed by atoms with E-state index in [1.807, 2.05) is 18.2 Å². The van der Waals surface area contributed by atoms with Crippen molar-refractivity contribution >= 4 is 17.6 Å². The number of ether oxygens (including phenoxy) is 1. The van der Waals surface area contributed by atoms with Crippen molar-refractivity contribution in [2.45, 2.75) is 31.8 Å². The Morgan fingerprint density at radius 1 is 1.38 bits per heavy atom. The predicted molar refractivity (Wildman–Crippen MR) is 88.1 cm³/mol. The summed E-state index contributed by atoms with van der Waals surface area (Å²) in [4.78, 5) is 4.22. The van der Waals surface area contributed by atoms with Crippen LogP contribution in [0.5, 0.6) is 0 Å². The molecule has 1 aliphatic heterocycles. The molecule has 4 nitrogen and oxygen atoms in total. The third-order valence-electron chi connectivity index (χ3n) is 3.62. The highest BCUT2D eigenvalue weighted by atomic mass is 35.5. The Kier molecular flexibility index (Phi) is 6.83. The normalized spacial score (nSPS) is 18.8. The maximum absolute atomic E-state index is 6.15. The standard InChI is InChI=1S/C16H24ClN3O/c1-18-16(20-12-14-8-5-11-21-14)19-10-4-7-13-6-2-3-9-15(13)17/h2-3,6,9,14H,4-5,7-8,10-12H2,1H3,(H2,18,19,20). The van der Waals surface area contributed by atoms with E-state index in [2.05, 4.69) is 21.7 Å². The topological polar surface area (TPSA) is 45.7 Å². The molecule has 5 heteroatoms. The van der Waals surface area contributed by atoms with Crippen LogP contribution in [0.15, 0.2) is 29.3 Å². The van der Waals surface area contributed by atoms with Crippen molar-refractivity contribution in [3.05, 3.63) is 34.9 Å². The third kappa shape index (κ3) is 5.56. The molecule has 21 heavy (non-hydrogen) atoms. The van der Waals surface area contributed by atoms with Crippen molar-refractivity contribution in [1.82, 2.24) is 10.6 Å². The van der Waals surface area contributed by atoms with Crippen molar-refractivity contribution < 1.29 is 4.74 Å². The van der Waals surface area contributed by atoms with Gasteiger partial charge in [0, 0.05) is 31.8 Å². The van der Waals surface area contributed by atoms with E-state index in [-0.39, 0.29) is 0 Å². The van der Waals surface area contributed by atoms with E-state index >= 15 is 0 Å². The summed E-state index contributed by atoms with van der Waals surface area (Å²) < 4.78 is 5.58. The Hall–Kier alpha value is -1.26. The van der Waals surface area contributed by atoms with Gasteiger partial charge in [0.25, 0.3) is 0 Å². The van der Waals surface area contributed by atoms with Crippen LogP contribution in [0.25, 0.3) is 0 Å². The zero-order valence-corrected chi connectivity index (χ0v) is 13.3. The van der Waals surface area contributed by atoms with Crippen LogP contribution in [-0.4, -0.2) is 38.8 Å². The van der Waals surface area contributed by atoms with E-state index in [4.69, 9.17) is 16.3 Å². The summed E-state index contributed by atoms with van der Waals surface area (Å²) in [6.45, 7) is 2.58. The lowest BCUT2D eigenvalue weighted by molar-refractivity contribution is 0.114. The minimum absolute atomic E-state index is 0.326. The van der Waals surface area contributed by atoms with Crippen molar-refractivity contribution in [1.29, 1.82) is 0 Å². The van der Waals surface area contributed by atoms with Crippen molar-refractivity contribution in [2.24, 2.45) is 4.99 Å². The van der Waals surface area contributed by atoms with Gasteiger partial charge >= 0.3 is 0 Å². The minimum atomic E-state index is 0.326. The fourth-order valence-corrected chi connectivity index (χ4v) is 2.65. The largest absolute Gasteiger partial charge is 0.376 e. The molecule has 0 spiro atoms. The van der Waals surface area contributed by atoms with Crippen molar-refractivity contribution in [3.8, 4) is 0 Å². The molecule has 1 unspecified atom stereocenters. The van der Waals surface area contributed by atoms with E-state index in [0.29, 0.717) is 6.10 Å². The Balaban J connectivity index is 1.63. The van der Waals surface area contributed by atoms with Gasteiger partial charge < -0.3 is 15.4 Å². The van der Waals surface area contributed by atoms with Gasteiger partial charge in [0.15, 0.2) is 5.96 Å². The number of hydrogen-bond donors (Lipinski definition) is 2. The van der Waals surface area contributed by atoms with Crippen LogP contribution in [0, 0.1) is 0 Å². The van der Waals surface area contributed by atoms with Crippen LogP contribution in [0.4, 0.5) is 0 Å². The predicted octanol–water partition coefficient (Wildman–Crippen LogP) is 2.62. The lowest BCUT2D eigenvalue weighted by atomic mass is 10.1. The SMILES string of the molecule is CN=C(NCCCc1ccccc1Cl)NCC1CCCO1. The van der Waals surface area contributed by atoms with Crippen LogP contribution < -0.4 is 10.6 Å². The van der Waals surface area contributed by atoms with Crippen LogP contribution in [0.3, 0.4) is 0 Å². The van der Waals surface area contributed by atoms with E-state index in [9.17, 15) is 0 Å². The Morgan fingerprint density at radius 2 is 2.24 bits per heavy atom. The first-order valence-electron chi connectivity index (χ1n) is 7.59. The third-order valence-corrected chi connectivity index (χ3v) is 3.99. The lowest BCUT2D eigenvalue weighted by Gasteiger charge is -2.15. The van der Waals surface area contributed by atoms with E-state index in [1.54, 1.807) is 7.05 Å².